The summed E-state index contributed by atoms with van der Waals surface area (Å²) in [6.07, 6.45) is 0.541. The molecule has 32 heavy (non-hydrogen) atoms. The second-order valence-electron chi connectivity index (χ2n) is 10.2. The molecule has 3 saturated heterocycles. The summed E-state index contributed by atoms with van der Waals surface area (Å²) in [6.45, 7) is 11.3. The number of likely N-dealkylation sites (tertiary alicyclic amines) is 1. The molecule has 3 aliphatic heterocycles. The molecule has 0 spiro atoms. The van der Waals surface area contributed by atoms with E-state index in [0.29, 0.717) is 29.7 Å². The highest BCUT2D eigenvalue weighted by atomic mass is 19.4. The molecule has 3 unspecified atom stereocenters. The maximum absolute atomic E-state index is 13.1. The lowest BCUT2D eigenvalue weighted by atomic mass is 9.98. The van der Waals surface area contributed by atoms with Crippen LogP contribution in [0.15, 0.2) is 24.3 Å². The molecule has 3 atom stereocenters. The van der Waals surface area contributed by atoms with Crippen molar-refractivity contribution in [2.24, 2.45) is 5.92 Å². The predicted molar refractivity (Wildman–Crippen MR) is 123 cm³/mol. The van der Waals surface area contributed by atoms with Crippen LogP contribution in [-0.4, -0.2) is 73.7 Å². The van der Waals surface area contributed by atoms with Crippen LogP contribution in [0, 0.1) is 5.92 Å². The second-order valence-corrected chi connectivity index (χ2v) is 10.2. The number of piperazine rings is 1. The molecule has 3 heterocycles. The van der Waals surface area contributed by atoms with E-state index in [9.17, 15) is 13.2 Å². The first-order chi connectivity index (χ1) is 15.3. The summed E-state index contributed by atoms with van der Waals surface area (Å²) in [4.78, 5) is 7.25. The van der Waals surface area contributed by atoms with E-state index < -0.39 is 11.7 Å². The Morgan fingerprint density at radius 3 is 2.50 bits per heavy atom. The zero-order valence-corrected chi connectivity index (χ0v) is 19.4. The van der Waals surface area contributed by atoms with Gasteiger partial charge in [-0.05, 0) is 56.3 Å². The van der Waals surface area contributed by atoms with Gasteiger partial charge in [-0.1, -0.05) is 19.9 Å². The van der Waals surface area contributed by atoms with Gasteiger partial charge in [-0.15, -0.1) is 0 Å². The highest BCUT2D eigenvalue weighted by Gasteiger charge is 2.33. The Hall–Kier alpha value is -1.35. The first kappa shape index (κ1) is 23.8. The van der Waals surface area contributed by atoms with Crippen molar-refractivity contribution in [1.82, 2.24) is 20.7 Å². The number of hydrazine groups is 1. The van der Waals surface area contributed by atoms with Crippen LogP contribution < -0.4 is 15.8 Å². The SMILES string of the molecule is CC(C)CC1CC(CN2CCCC(N3CCN(c4cccc(C(F)(F)F)c4)CC3)C2)NN1. The van der Waals surface area contributed by atoms with Crippen LogP contribution in [0.3, 0.4) is 0 Å². The summed E-state index contributed by atoms with van der Waals surface area (Å²) in [6, 6.07) is 7.38. The van der Waals surface area contributed by atoms with Gasteiger partial charge in [0.2, 0.25) is 0 Å². The van der Waals surface area contributed by atoms with Gasteiger partial charge >= 0.3 is 6.18 Å². The third-order valence-electron chi connectivity index (χ3n) is 7.15. The molecular formula is C24H38F3N5. The lowest BCUT2D eigenvalue weighted by Crippen LogP contribution is -2.56. The third kappa shape index (κ3) is 6.16. The van der Waals surface area contributed by atoms with Crippen LogP contribution in [0.25, 0.3) is 0 Å². The van der Waals surface area contributed by atoms with E-state index in [1.807, 2.05) is 0 Å². The number of alkyl halides is 3. The Morgan fingerprint density at radius 2 is 1.78 bits per heavy atom. The lowest BCUT2D eigenvalue weighted by molar-refractivity contribution is -0.137. The quantitative estimate of drug-likeness (QED) is 0.688. The maximum atomic E-state index is 13.1. The Bertz CT molecular complexity index is 733. The Labute approximate surface area is 190 Å². The fourth-order valence-corrected chi connectivity index (χ4v) is 5.57. The number of halogens is 3. The summed E-state index contributed by atoms with van der Waals surface area (Å²) in [5.41, 5.74) is 7.09. The summed E-state index contributed by atoms with van der Waals surface area (Å²) in [5, 5.41) is 0. The molecule has 0 saturated carbocycles. The van der Waals surface area contributed by atoms with Crippen LogP contribution in [0.5, 0.6) is 0 Å². The van der Waals surface area contributed by atoms with E-state index in [1.54, 1.807) is 6.07 Å². The number of nitrogens with one attached hydrogen (secondary N) is 2. The molecule has 0 amide bonds. The largest absolute Gasteiger partial charge is 0.416 e. The van der Waals surface area contributed by atoms with Gasteiger partial charge in [-0.25, -0.2) is 0 Å². The zero-order chi connectivity index (χ0) is 22.7. The molecule has 1 aromatic carbocycles. The smallest absolute Gasteiger partial charge is 0.369 e. The Morgan fingerprint density at radius 1 is 1.03 bits per heavy atom. The number of piperidine rings is 1. The first-order valence-electron chi connectivity index (χ1n) is 12.2. The standard InChI is InChI=1S/C24H38F3N5/c1-18(2)13-20-15-21(29-28-20)16-30-8-4-7-23(17-30)32-11-9-31(10-12-32)22-6-3-5-19(14-22)24(25,26)27/h3,5-6,14,18,20-21,23,28-29H,4,7-13,15-17H2,1-2H3. The number of hydrogen-bond donors (Lipinski definition) is 2. The fourth-order valence-electron chi connectivity index (χ4n) is 5.57. The monoisotopic (exact) mass is 453 g/mol. The molecule has 0 bridgehead atoms. The maximum Gasteiger partial charge on any atom is 0.416 e. The van der Waals surface area contributed by atoms with Gasteiger partial charge in [0.05, 0.1) is 5.56 Å². The highest BCUT2D eigenvalue weighted by molar-refractivity contribution is 5.49. The van der Waals surface area contributed by atoms with Crippen molar-refractivity contribution in [3.63, 3.8) is 0 Å². The first-order valence-corrected chi connectivity index (χ1v) is 12.2. The summed E-state index contributed by atoms with van der Waals surface area (Å²) in [7, 11) is 0. The zero-order valence-electron chi connectivity index (χ0n) is 19.4. The van der Waals surface area contributed by atoms with Gasteiger partial charge in [0, 0.05) is 63.1 Å². The molecule has 3 aliphatic rings. The number of anilines is 1. The average Bonchev–Trinajstić information content (AvgIpc) is 3.19. The molecule has 0 aromatic heterocycles. The molecule has 0 aliphatic carbocycles. The van der Waals surface area contributed by atoms with Crippen LogP contribution in [-0.2, 0) is 6.18 Å². The van der Waals surface area contributed by atoms with E-state index in [2.05, 4.69) is 39.4 Å². The Balaban J connectivity index is 1.25. The summed E-state index contributed by atoms with van der Waals surface area (Å²) in [5.74, 6) is 0.710. The van der Waals surface area contributed by atoms with Crippen molar-refractivity contribution in [2.45, 2.75) is 63.8 Å². The van der Waals surface area contributed by atoms with Gasteiger partial charge in [-0.3, -0.25) is 15.8 Å². The number of benzene rings is 1. The van der Waals surface area contributed by atoms with Gasteiger partial charge in [0.15, 0.2) is 0 Å². The van der Waals surface area contributed by atoms with Gasteiger partial charge in [0.1, 0.15) is 0 Å². The number of rotatable bonds is 6. The van der Waals surface area contributed by atoms with Crippen molar-refractivity contribution in [2.75, 3.05) is 50.7 Å². The molecule has 5 nitrogen and oxygen atoms in total. The lowest BCUT2D eigenvalue weighted by Gasteiger charge is -2.44. The van der Waals surface area contributed by atoms with Crippen molar-refractivity contribution < 1.29 is 13.2 Å². The minimum Gasteiger partial charge on any atom is -0.369 e. The number of hydrogen-bond acceptors (Lipinski definition) is 5. The molecule has 1 aromatic rings. The van der Waals surface area contributed by atoms with E-state index in [-0.39, 0.29) is 0 Å². The predicted octanol–water partition coefficient (Wildman–Crippen LogP) is 3.57. The molecule has 180 valence electrons. The van der Waals surface area contributed by atoms with E-state index in [1.165, 1.54) is 37.8 Å². The van der Waals surface area contributed by atoms with Gasteiger partial charge in [-0.2, -0.15) is 13.2 Å². The number of nitrogens with zero attached hydrogens (tertiary/aromatic N) is 3. The van der Waals surface area contributed by atoms with E-state index in [0.717, 1.165) is 51.9 Å². The minimum atomic E-state index is -4.29. The fraction of sp³-hybridized carbons (Fsp3) is 0.750. The van der Waals surface area contributed by atoms with Crippen molar-refractivity contribution in [3.05, 3.63) is 29.8 Å². The topological polar surface area (TPSA) is 33.8 Å². The third-order valence-corrected chi connectivity index (χ3v) is 7.15. The Kier molecular flexibility index (Phi) is 7.65. The van der Waals surface area contributed by atoms with Crippen LogP contribution >= 0.6 is 0 Å². The van der Waals surface area contributed by atoms with E-state index >= 15 is 0 Å². The minimum absolute atomic E-state index is 0.509. The van der Waals surface area contributed by atoms with E-state index in [4.69, 9.17) is 0 Å². The van der Waals surface area contributed by atoms with Crippen LogP contribution in [0.1, 0.15) is 45.1 Å². The average molecular weight is 454 g/mol. The van der Waals surface area contributed by atoms with Crippen molar-refractivity contribution in [1.29, 1.82) is 0 Å². The molecule has 3 fully saturated rings. The normalized spacial score (nSPS) is 28.6. The van der Waals surface area contributed by atoms with Crippen LogP contribution in [0.2, 0.25) is 0 Å². The molecule has 8 heteroatoms. The second kappa shape index (κ2) is 10.3. The van der Waals surface area contributed by atoms with Crippen LogP contribution in [0.4, 0.5) is 18.9 Å². The van der Waals surface area contributed by atoms with Gasteiger partial charge in [0.25, 0.3) is 0 Å². The molecule has 0 radical (unpaired) electrons. The summed E-state index contributed by atoms with van der Waals surface area (Å²) >= 11 is 0. The van der Waals surface area contributed by atoms with Crippen molar-refractivity contribution >= 4 is 5.69 Å². The molecular weight excluding hydrogens is 415 g/mol. The van der Waals surface area contributed by atoms with Gasteiger partial charge < -0.3 is 9.80 Å². The summed E-state index contributed by atoms with van der Waals surface area (Å²) < 4.78 is 39.2. The molecule has 2 N–H and O–H groups in total. The van der Waals surface area contributed by atoms with Crippen molar-refractivity contribution in [3.8, 4) is 0 Å². The molecule has 4 rings (SSSR count). The highest BCUT2D eigenvalue weighted by Crippen LogP contribution is 2.32.